The Kier molecular flexibility index (Phi) is 7.64. The third kappa shape index (κ3) is 6.14. The Bertz CT molecular complexity index is 350. The van der Waals surface area contributed by atoms with E-state index < -0.39 is 0 Å². The quantitative estimate of drug-likeness (QED) is 0.552. The Morgan fingerprint density at radius 3 is 2.83 bits per heavy atom. The Morgan fingerprint density at radius 2 is 2.11 bits per heavy atom. The molecule has 0 fully saturated rings. The van der Waals surface area contributed by atoms with Gasteiger partial charge in [0.05, 0.1) is 13.2 Å². The zero-order valence-corrected chi connectivity index (χ0v) is 11.7. The first kappa shape index (κ1) is 15.1. The Balaban J connectivity index is 2.20. The van der Waals surface area contributed by atoms with Crippen LogP contribution in [-0.2, 0) is 15.9 Å². The smallest absolute Gasteiger partial charge is 0.134 e. The van der Waals surface area contributed by atoms with E-state index in [1.807, 2.05) is 6.92 Å². The number of nitrogens with one attached hydrogen (secondary N) is 1. The average Bonchev–Trinajstić information content (AvgIpc) is 2.37. The van der Waals surface area contributed by atoms with Crippen LogP contribution in [0.25, 0.3) is 0 Å². The van der Waals surface area contributed by atoms with Crippen LogP contribution in [-0.4, -0.2) is 43.4 Å². The number of aryl methyl sites for hydroxylation is 1. The van der Waals surface area contributed by atoms with E-state index in [1.54, 1.807) is 13.2 Å². The van der Waals surface area contributed by atoms with Crippen molar-refractivity contribution in [3.63, 3.8) is 0 Å². The Hall–Kier alpha value is -0.910. The molecule has 0 radical (unpaired) electrons. The van der Waals surface area contributed by atoms with Crippen molar-refractivity contribution in [2.24, 2.45) is 0 Å². The first-order valence-electron chi connectivity index (χ1n) is 6.10. The highest BCUT2D eigenvalue weighted by molar-refractivity contribution is 6.29. The van der Waals surface area contributed by atoms with E-state index in [1.165, 1.54) is 0 Å². The summed E-state index contributed by atoms with van der Waals surface area (Å²) in [5.41, 5.74) is 0. The molecule has 1 N–H and O–H groups in total. The molecule has 0 amide bonds. The normalized spacial score (nSPS) is 10.6. The summed E-state index contributed by atoms with van der Waals surface area (Å²) in [5, 5.41) is 3.68. The third-order valence-corrected chi connectivity index (χ3v) is 2.45. The van der Waals surface area contributed by atoms with Crippen molar-refractivity contribution in [1.29, 1.82) is 0 Å². The summed E-state index contributed by atoms with van der Waals surface area (Å²) in [7, 11) is 1.66. The predicted molar refractivity (Wildman–Crippen MR) is 72.2 cm³/mol. The molecule has 0 bridgehead atoms. The van der Waals surface area contributed by atoms with Crippen LogP contribution in [0.2, 0.25) is 5.15 Å². The highest BCUT2D eigenvalue weighted by Crippen LogP contribution is 2.11. The summed E-state index contributed by atoms with van der Waals surface area (Å²) in [5.74, 6) is 1.52. The fraction of sp³-hybridized carbons (Fsp3) is 0.667. The number of rotatable bonds is 9. The van der Waals surface area contributed by atoms with Crippen LogP contribution < -0.4 is 5.32 Å². The van der Waals surface area contributed by atoms with Gasteiger partial charge in [0, 0.05) is 32.7 Å². The maximum Gasteiger partial charge on any atom is 0.134 e. The van der Waals surface area contributed by atoms with Crippen molar-refractivity contribution in [2.45, 2.75) is 19.8 Å². The number of hydrogen-bond donors (Lipinski definition) is 1. The number of hydrogen-bond acceptors (Lipinski definition) is 5. The summed E-state index contributed by atoms with van der Waals surface area (Å²) >= 11 is 5.90. The van der Waals surface area contributed by atoms with Crippen LogP contribution in [0.3, 0.4) is 0 Å². The third-order valence-electron chi connectivity index (χ3n) is 2.26. The van der Waals surface area contributed by atoms with Gasteiger partial charge < -0.3 is 14.8 Å². The van der Waals surface area contributed by atoms with Crippen molar-refractivity contribution in [2.75, 3.05) is 38.8 Å². The maximum absolute atomic E-state index is 5.90. The summed E-state index contributed by atoms with van der Waals surface area (Å²) in [6.07, 6.45) is 1.68. The largest absolute Gasteiger partial charge is 0.382 e. The van der Waals surface area contributed by atoms with E-state index in [-0.39, 0.29) is 0 Å². The van der Waals surface area contributed by atoms with Crippen molar-refractivity contribution in [1.82, 2.24) is 9.97 Å². The monoisotopic (exact) mass is 273 g/mol. The van der Waals surface area contributed by atoms with E-state index in [9.17, 15) is 0 Å². The van der Waals surface area contributed by atoms with E-state index >= 15 is 0 Å². The van der Waals surface area contributed by atoms with Gasteiger partial charge in [-0.2, -0.15) is 0 Å². The van der Waals surface area contributed by atoms with Gasteiger partial charge in [-0.25, -0.2) is 9.97 Å². The second-order valence-electron chi connectivity index (χ2n) is 3.73. The lowest BCUT2D eigenvalue weighted by atomic mass is 10.4. The molecule has 0 aliphatic rings. The van der Waals surface area contributed by atoms with Crippen LogP contribution in [0.4, 0.5) is 5.82 Å². The standard InChI is InChI=1S/C12H20ClN3O2/c1-3-11-15-10(13)9-12(16-11)14-5-4-6-18-8-7-17-2/h9H,3-8H2,1-2H3,(H,14,15,16). The van der Waals surface area contributed by atoms with Crippen LogP contribution in [0.15, 0.2) is 6.07 Å². The second kappa shape index (κ2) is 9.08. The molecule has 18 heavy (non-hydrogen) atoms. The summed E-state index contributed by atoms with van der Waals surface area (Å²) in [6, 6.07) is 1.73. The number of halogens is 1. The van der Waals surface area contributed by atoms with Crippen molar-refractivity contribution < 1.29 is 9.47 Å². The second-order valence-corrected chi connectivity index (χ2v) is 4.12. The van der Waals surface area contributed by atoms with Gasteiger partial charge >= 0.3 is 0 Å². The van der Waals surface area contributed by atoms with Crippen LogP contribution in [0.5, 0.6) is 0 Å². The molecule has 6 heteroatoms. The molecule has 1 aromatic rings. The first-order chi connectivity index (χ1) is 8.76. The lowest BCUT2D eigenvalue weighted by Gasteiger charge is -2.07. The highest BCUT2D eigenvalue weighted by Gasteiger charge is 2.01. The van der Waals surface area contributed by atoms with E-state index in [0.29, 0.717) is 25.0 Å². The molecule has 1 aromatic heterocycles. The van der Waals surface area contributed by atoms with Crippen molar-refractivity contribution in [3.8, 4) is 0 Å². The van der Waals surface area contributed by atoms with Gasteiger partial charge in [0.1, 0.15) is 16.8 Å². The zero-order valence-electron chi connectivity index (χ0n) is 10.9. The molecular weight excluding hydrogens is 254 g/mol. The SMILES string of the molecule is CCc1nc(Cl)cc(NCCCOCCOC)n1. The van der Waals surface area contributed by atoms with Crippen LogP contribution in [0.1, 0.15) is 19.2 Å². The summed E-state index contributed by atoms with van der Waals surface area (Å²) in [6.45, 7) is 4.77. The minimum atomic E-state index is 0.473. The molecule has 0 saturated heterocycles. The fourth-order valence-corrected chi connectivity index (χ4v) is 1.55. The molecule has 1 heterocycles. The molecule has 0 unspecified atom stereocenters. The minimum Gasteiger partial charge on any atom is -0.382 e. The lowest BCUT2D eigenvalue weighted by Crippen LogP contribution is -2.10. The van der Waals surface area contributed by atoms with Crippen LogP contribution in [0, 0.1) is 0 Å². The molecule has 0 aromatic carbocycles. The van der Waals surface area contributed by atoms with Gasteiger partial charge in [0.15, 0.2) is 0 Å². The number of ether oxygens (including phenoxy) is 2. The lowest BCUT2D eigenvalue weighted by molar-refractivity contribution is 0.0705. The first-order valence-corrected chi connectivity index (χ1v) is 6.48. The Morgan fingerprint density at radius 1 is 1.28 bits per heavy atom. The van der Waals surface area contributed by atoms with E-state index in [4.69, 9.17) is 21.1 Å². The molecule has 0 saturated carbocycles. The molecule has 0 aliphatic heterocycles. The van der Waals surface area contributed by atoms with Gasteiger partial charge in [0.25, 0.3) is 0 Å². The van der Waals surface area contributed by atoms with Gasteiger partial charge in [-0.15, -0.1) is 0 Å². The minimum absolute atomic E-state index is 0.473. The van der Waals surface area contributed by atoms with Gasteiger partial charge in [-0.3, -0.25) is 0 Å². The molecule has 0 atom stereocenters. The molecular formula is C12H20ClN3O2. The number of anilines is 1. The van der Waals surface area contributed by atoms with Crippen molar-refractivity contribution in [3.05, 3.63) is 17.0 Å². The van der Waals surface area contributed by atoms with Gasteiger partial charge in [-0.1, -0.05) is 18.5 Å². The molecule has 5 nitrogen and oxygen atoms in total. The fourth-order valence-electron chi connectivity index (χ4n) is 1.35. The summed E-state index contributed by atoms with van der Waals surface area (Å²) < 4.78 is 10.2. The molecule has 102 valence electrons. The van der Waals surface area contributed by atoms with Crippen molar-refractivity contribution >= 4 is 17.4 Å². The summed E-state index contributed by atoms with van der Waals surface area (Å²) in [4.78, 5) is 8.44. The number of aromatic nitrogens is 2. The van der Waals surface area contributed by atoms with Crippen LogP contribution >= 0.6 is 11.6 Å². The van der Waals surface area contributed by atoms with Gasteiger partial charge in [-0.05, 0) is 6.42 Å². The Labute approximate surface area is 113 Å². The average molecular weight is 274 g/mol. The number of nitrogens with zero attached hydrogens (tertiary/aromatic N) is 2. The number of methoxy groups -OCH3 is 1. The zero-order chi connectivity index (χ0) is 13.2. The van der Waals surface area contributed by atoms with E-state index in [2.05, 4.69) is 15.3 Å². The molecule has 1 rings (SSSR count). The molecule has 0 spiro atoms. The topological polar surface area (TPSA) is 56.3 Å². The highest BCUT2D eigenvalue weighted by atomic mass is 35.5. The predicted octanol–water partition coefficient (Wildman–Crippen LogP) is 2.16. The van der Waals surface area contributed by atoms with Gasteiger partial charge in [0.2, 0.25) is 0 Å². The van der Waals surface area contributed by atoms with E-state index in [0.717, 1.165) is 31.0 Å². The maximum atomic E-state index is 5.90. The molecule has 0 aliphatic carbocycles.